The van der Waals surface area contributed by atoms with Gasteiger partial charge in [0, 0.05) is 5.88 Å². The topological polar surface area (TPSA) is 26.0 Å². The van der Waals surface area contributed by atoms with Gasteiger partial charge >= 0.3 is 0 Å². The van der Waals surface area contributed by atoms with Crippen molar-refractivity contribution in [2.45, 2.75) is 6.42 Å². The van der Waals surface area contributed by atoms with Crippen LogP contribution in [-0.4, -0.2) is 5.88 Å². The molecule has 0 aliphatic carbocycles. The maximum absolute atomic E-state index is 5.98. The van der Waals surface area contributed by atoms with Gasteiger partial charge in [0.15, 0.2) is 0 Å². The summed E-state index contributed by atoms with van der Waals surface area (Å²) < 4.78 is 0. The number of allylic oxidation sites excluding steroid dienone is 1. The second-order valence-corrected chi connectivity index (χ2v) is 3.89. The minimum absolute atomic E-state index is 0.402. The predicted molar refractivity (Wildman–Crippen MR) is 65.2 cm³/mol. The lowest BCUT2D eigenvalue weighted by atomic mass is 10.2. The van der Waals surface area contributed by atoms with E-state index in [0.29, 0.717) is 21.6 Å². The molecular weight excluding hydrogens is 240 g/mol. The molecule has 0 aliphatic heterocycles. The molecule has 0 amide bonds. The van der Waals surface area contributed by atoms with Crippen LogP contribution in [0.1, 0.15) is 12.0 Å². The van der Waals surface area contributed by atoms with Crippen molar-refractivity contribution in [2.24, 2.45) is 0 Å². The molecule has 0 spiro atoms. The Kier molecular flexibility index (Phi) is 4.59. The van der Waals surface area contributed by atoms with Crippen molar-refractivity contribution in [3.8, 4) is 0 Å². The van der Waals surface area contributed by atoms with Crippen molar-refractivity contribution in [3.05, 3.63) is 33.8 Å². The standard InChI is InChI=1S/C10H10Cl3N/c11-6-2-1-3-7-4-5-8(14)10(13)9(7)12/h1,3-5H,2,6,14H2. The van der Waals surface area contributed by atoms with Crippen molar-refractivity contribution >= 4 is 46.6 Å². The summed E-state index contributed by atoms with van der Waals surface area (Å²) >= 11 is 17.4. The molecule has 1 nitrogen and oxygen atoms in total. The van der Waals surface area contributed by atoms with Crippen molar-refractivity contribution in [1.29, 1.82) is 0 Å². The van der Waals surface area contributed by atoms with Gasteiger partial charge in [-0.2, -0.15) is 0 Å². The summed E-state index contributed by atoms with van der Waals surface area (Å²) in [6, 6.07) is 3.56. The van der Waals surface area contributed by atoms with Crippen molar-refractivity contribution < 1.29 is 0 Å². The molecule has 0 aliphatic rings. The summed E-state index contributed by atoms with van der Waals surface area (Å²) in [6.07, 6.45) is 4.64. The van der Waals surface area contributed by atoms with E-state index in [1.165, 1.54) is 0 Å². The molecule has 0 heterocycles. The van der Waals surface area contributed by atoms with Gasteiger partial charge in [0.1, 0.15) is 0 Å². The Morgan fingerprint density at radius 2 is 1.93 bits per heavy atom. The third kappa shape index (κ3) is 2.81. The van der Waals surface area contributed by atoms with E-state index in [4.69, 9.17) is 40.5 Å². The summed E-state index contributed by atoms with van der Waals surface area (Å²) in [4.78, 5) is 0. The molecule has 1 rings (SSSR count). The number of nitrogen functional groups attached to an aromatic ring is 1. The molecule has 14 heavy (non-hydrogen) atoms. The monoisotopic (exact) mass is 249 g/mol. The Bertz CT molecular complexity index is 347. The van der Waals surface area contributed by atoms with E-state index in [2.05, 4.69) is 0 Å². The van der Waals surface area contributed by atoms with E-state index in [1.807, 2.05) is 18.2 Å². The van der Waals surface area contributed by atoms with E-state index in [1.54, 1.807) is 6.07 Å². The van der Waals surface area contributed by atoms with Gasteiger partial charge in [0.05, 0.1) is 15.7 Å². The van der Waals surface area contributed by atoms with E-state index >= 15 is 0 Å². The van der Waals surface area contributed by atoms with Crippen LogP contribution < -0.4 is 5.73 Å². The van der Waals surface area contributed by atoms with Crippen LogP contribution in [0.2, 0.25) is 10.0 Å². The lowest BCUT2D eigenvalue weighted by Crippen LogP contribution is -1.88. The van der Waals surface area contributed by atoms with Crippen LogP contribution in [0.4, 0.5) is 5.69 Å². The van der Waals surface area contributed by atoms with Crippen molar-refractivity contribution in [1.82, 2.24) is 0 Å². The van der Waals surface area contributed by atoms with Gasteiger partial charge in [-0.3, -0.25) is 0 Å². The fourth-order valence-corrected chi connectivity index (χ4v) is 1.51. The lowest BCUT2D eigenvalue weighted by molar-refractivity contribution is 1.24. The average Bonchev–Trinajstić information content (AvgIpc) is 2.18. The molecule has 0 bridgehead atoms. The highest BCUT2D eigenvalue weighted by Gasteiger charge is 2.04. The molecule has 76 valence electrons. The van der Waals surface area contributed by atoms with Gasteiger partial charge < -0.3 is 5.73 Å². The fourth-order valence-electron chi connectivity index (χ4n) is 0.981. The minimum atomic E-state index is 0.402. The SMILES string of the molecule is Nc1ccc(C=CCCCl)c(Cl)c1Cl. The molecule has 0 fully saturated rings. The molecule has 2 N–H and O–H groups in total. The summed E-state index contributed by atoms with van der Waals surface area (Å²) in [7, 11) is 0. The molecule has 1 aromatic rings. The number of halogens is 3. The first kappa shape index (κ1) is 11.7. The van der Waals surface area contributed by atoms with Crippen molar-refractivity contribution in [2.75, 3.05) is 11.6 Å². The predicted octanol–water partition coefficient (Wildman–Crippen LogP) is 4.22. The Hall–Kier alpha value is -0.370. The van der Waals surface area contributed by atoms with Crippen LogP contribution in [0, 0.1) is 0 Å². The molecule has 0 saturated carbocycles. The molecule has 0 radical (unpaired) electrons. The second kappa shape index (κ2) is 5.50. The molecule has 1 aromatic carbocycles. The number of alkyl halides is 1. The number of benzene rings is 1. The van der Waals surface area contributed by atoms with Crippen LogP contribution >= 0.6 is 34.8 Å². The highest BCUT2D eigenvalue weighted by atomic mass is 35.5. The number of hydrogen-bond donors (Lipinski definition) is 1. The molecule has 0 unspecified atom stereocenters. The largest absolute Gasteiger partial charge is 0.397 e. The third-order valence-corrected chi connectivity index (χ3v) is 2.84. The van der Waals surface area contributed by atoms with Crippen LogP contribution in [-0.2, 0) is 0 Å². The summed E-state index contributed by atoms with van der Waals surface area (Å²) in [6.45, 7) is 0. The maximum Gasteiger partial charge on any atom is 0.0827 e. The Balaban J connectivity index is 2.94. The number of rotatable bonds is 3. The second-order valence-electron chi connectivity index (χ2n) is 2.75. The summed E-state index contributed by atoms with van der Waals surface area (Å²) in [5, 5.41) is 0.886. The Morgan fingerprint density at radius 1 is 1.21 bits per heavy atom. The van der Waals surface area contributed by atoms with E-state index < -0.39 is 0 Å². The Labute approximate surface area is 98.5 Å². The normalized spacial score (nSPS) is 11.1. The van der Waals surface area contributed by atoms with Gasteiger partial charge in [0.25, 0.3) is 0 Å². The molecule has 0 saturated heterocycles. The molecule has 0 aromatic heterocycles. The lowest BCUT2D eigenvalue weighted by Gasteiger charge is -2.03. The average molecular weight is 251 g/mol. The van der Waals surface area contributed by atoms with Gasteiger partial charge in [-0.15, -0.1) is 11.6 Å². The van der Waals surface area contributed by atoms with Gasteiger partial charge in [0.2, 0.25) is 0 Å². The van der Waals surface area contributed by atoms with Crippen LogP contribution in [0.3, 0.4) is 0 Å². The fraction of sp³-hybridized carbons (Fsp3) is 0.200. The van der Waals surface area contributed by atoms with Crippen LogP contribution in [0.25, 0.3) is 6.08 Å². The zero-order valence-corrected chi connectivity index (χ0v) is 9.70. The zero-order chi connectivity index (χ0) is 10.6. The summed E-state index contributed by atoms with van der Waals surface area (Å²) in [5.74, 6) is 0.594. The van der Waals surface area contributed by atoms with E-state index in [9.17, 15) is 0 Å². The van der Waals surface area contributed by atoms with E-state index in [-0.39, 0.29) is 0 Å². The summed E-state index contributed by atoms with van der Waals surface area (Å²) in [5.41, 5.74) is 6.93. The smallest absolute Gasteiger partial charge is 0.0827 e. The highest BCUT2D eigenvalue weighted by molar-refractivity contribution is 6.44. The molecule has 4 heteroatoms. The first-order valence-corrected chi connectivity index (χ1v) is 5.42. The number of nitrogens with two attached hydrogens (primary N) is 1. The molecular formula is C10H10Cl3N. The van der Waals surface area contributed by atoms with Gasteiger partial charge in [-0.25, -0.2) is 0 Å². The first-order valence-electron chi connectivity index (χ1n) is 4.12. The van der Waals surface area contributed by atoms with Gasteiger partial charge in [-0.05, 0) is 18.1 Å². The van der Waals surface area contributed by atoms with Crippen LogP contribution in [0.15, 0.2) is 18.2 Å². The highest BCUT2D eigenvalue weighted by Crippen LogP contribution is 2.31. The van der Waals surface area contributed by atoms with Crippen LogP contribution in [0.5, 0.6) is 0 Å². The zero-order valence-electron chi connectivity index (χ0n) is 7.43. The first-order chi connectivity index (χ1) is 6.66. The molecule has 0 atom stereocenters. The maximum atomic E-state index is 5.98. The Morgan fingerprint density at radius 3 is 2.57 bits per heavy atom. The van der Waals surface area contributed by atoms with Crippen molar-refractivity contribution in [3.63, 3.8) is 0 Å². The minimum Gasteiger partial charge on any atom is -0.397 e. The van der Waals surface area contributed by atoms with E-state index in [0.717, 1.165) is 12.0 Å². The third-order valence-electron chi connectivity index (χ3n) is 1.72. The van der Waals surface area contributed by atoms with Gasteiger partial charge in [-0.1, -0.05) is 41.4 Å². The quantitative estimate of drug-likeness (QED) is 0.631. The number of hydrogen-bond acceptors (Lipinski definition) is 1. The number of anilines is 1.